The summed E-state index contributed by atoms with van der Waals surface area (Å²) in [5.74, 6) is 0. The molecule has 6 nitrogen and oxygen atoms in total. The monoisotopic (exact) mass is 732 g/mol. The summed E-state index contributed by atoms with van der Waals surface area (Å²) in [5, 5.41) is 11.5. The van der Waals surface area contributed by atoms with Crippen molar-refractivity contribution >= 4 is 56.4 Å². The molecule has 2 heterocycles. The standard InChI is InChI=1S/C43H58Cl2N4O2/c1-3-5-24-50-32-16-20-38-36(28-32)42(34-18-14-30(44)26-40(34)48-38)46-22-12-10-8-7-9-11-13-23-47-43-35-19-15-31(45)27-41(35)49-39-21-17-33(29-37(39)43)51-25-6-4-2/h14-15,18-19,26-27,32-33H,3-13,16-17,20-25,28-29H2,1-2H3,(H,46,48)(H,47,49). The Labute approximate surface area is 315 Å². The van der Waals surface area contributed by atoms with Crippen LogP contribution in [0.2, 0.25) is 10.0 Å². The number of hydrogen-bond acceptors (Lipinski definition) is 6. The minimum Gasteiger partial charge on any atom is -0.384 e. The van der Waals surface area contributed by atoms with Crippen LogP contribution in [-0.2, 0) is 35.2 Å². The van der Waals surface area contributed by atoms with E-state index in [0.29, 0.717) is 0 Å². The molecule has 51 heavy (non-hydrogen) atoms. The lowest BCUT2D eigenvalue weighted by Crippen LogP contribution is -2.25. The maximum absolute atomic E-state index is 6.37. The summed E-state index contributed by atoms with van der Waals surface area (Å²) in [6, 6.07) is 12.2. The van der Waals surface area contributed by atoms with Crippen molar-refractivity contribution < 1.29 is 9.47 Å². The van der Waals surface area contributed by atoms with Crippen LogP contribution in [0.25, 0.3) is 21.8 Å². The molecule has 4 aromatic rings. The minimum absolute atomic E-state index is 0.280. The van der Waals surface area contributed by atoms with Gasteiger partial charge in [-0.1, -0.05) is 82.0 Å². The third-order valence-corrected chi connectivity index (χ3v) is 11.2. The van der Waals surface area contributed by atoms with Crippen molar-refractivity contribution in [3.8, 4) is 0 Å². The highest BCUT2D eigenvalue weighted by atomic mass is 35.5. The van der Waals surface area contributed by atoms with Gasteiger partial charge in [0.15, 0.2) is 0 Å². The number of pyridine rings is 2. The van der Waals surface area contributed by atoms with Gasteiger partial charge in [0, 0.05) is 93.9 Å². The van der Waals surface area contributed by atoms with Gasteiger partial charge in [-0.3, -0.25) is 9.97 Å². The number of nitrogens with zero attached hydrogens (tertiary/aromatic N) is 2. The third kappa shape index (κ3) is 10.3. The van der Waals surface area contributed by atoms with E-state index in [2.05, 4.69) is 36.6 Å². The summed E-state index contributed by atoms with van der Waals surface area (Å²) >= 11 is 12.7. The lowest BCUT2D eigenvalue weighted by Gasteiger charge is -2.27. The van der Waals surface area contributed by atoms with Crippen LogP contribution in [-0.4, -0.2) is 48.5 Å². The number of halogens is 2. The molecular weight excluding hydrogens is 675 g/mol. The van der Waals surface area contributed by atoms with Gasteiger partial charge in [-0.2, -0.15) is 0 Å². The SMILES string of the molecule is CCCCOC1CCc2nc3cc(Cl)ccc3c(NCCCCCCCCCNc3c4c(nc5cc(Cl)ccc35)CCC(OCCCC)C4)c2C1. The van der Waals surface area contributed by atoms with E-state index in [1.165, 1.54) is 76.8 Å². The van der Waals surface area contributed by atoms with Crippen LogP contribution in [0.3, 0.4) is 0 Å². The summed E-state index contributed by atoms with van der Waals surface area (Å²) in [5.41, 5.74) is 9.57. The Morgan fingerprint density at radius 3 is 1.47 bits per heavy atom. The highest BCUT2D eigenvalue weighted by Gasteiger charge is 2.26. The van der Waals surface area contributed by atoms with E-state index < -0.39 is 0 Å². The summed E-state index contributed by atoms with van der Waals surface area (Å²) in [6.45, 7) is 8.08. The first-order valence-corrected chi connectivity index (χ1v) is 20.7. The third-order valence-electron chi connectivity index (χ3n) is 10.7. The lowest BCUT2D eigenvalue weighted by molar-refractivity contribution is 0.0421. The molecule has 6 rings (SSSR count). The van der Waals surface area contributed by atoms with E-state index in [-0.39, 0.29) is 12.2 Å². The van der Waals surface area contributed by atoms with Gasteiger partial charge >= 0.3 is 0 Å². The molecule has 0 saturated carbocycles. The molecule has 2 aliphatic rings. The second-order valence-corrected chi connectivity index (χ2v) is 15.5. The van der Waals surface area contributed by atoms with Gasteiger partial charge in [0.2, 0.25) is 0 Å². The molecule has 8 heteroatoms. The predicted molar refractivity (Wildman–Crippen MR) is 216 cm³/mol. The molecular formula is C43H58Cl2N4O2. The van der Waals surface area contributed by atoms with Gasteiger partial charge in [0.25, 0.3) is 0 Å². The number of unbranched alkanes of at least 4 members (excludes halogenated alkanes) is 8. The maximum Gasteiger partial charge on any atom is 0.0741 e. The Morgan fingerprint density at radius 2 is 1.04 bits per heavy atom. The fourth-order valence-electron chi connectivity index (χ4n) is 7.80. The molecule has 2 unspecified atom stereocenters. The summed E-state index contributed by atoms with van der Waals surface area (Å²) in [6.07, 6.45) is 19.6. The van der Waals surface area contributed by atoms with Crippen LogP contribution in [0, 0.1) is 0 Å². The lowest BCUT2D eigenvalue weighted by atomic mass is 9.90. The van der Waals surface area contributed by atoms with E-state index in [1.807, 2.05) is 24.3 Å². The number of fused-ring (bicyclic) bond motifs is 4. The Balaban J connectivity index is 0.946. The highest BCUT2D eigenvalue weighted by molar-refractivity contribution is 6.31. The summed E-state index contributed by atoms with van der Waals surface area (Å²) in [4.78, 5) is 10.1. The molecule has 0 spiro atoms. The first kappa shape index (κ1) is 38.1. The highest BCUT2D eigenvalue weighted by Crippen LogP contribution is 2.37. The van der Waals surface area contributed by atoms with Crippen molar-refractivity contribution in [3.63, 3.8) is 0 Å². The van der Waals surface area contributed by atoms with Gasteiger partial charge in [0.05, 0.1) is 23.2 Å². The van der Waals surface area contributed by atoms with Crippen LogP contribution in [0.5, 0.6) is 0 Å². The van der Waals surface area contributed by atoms with E-state index >= 15 is 0 Å². The normalized spacial score (nSPS) is 17.1. The zero-order valence-electron chi connectivity index (χ0n) is 30.9. The van der Waals surface area contributed by atoms with Crippen LogP contribution in [0.15, 0.2) is 36.4 Å². The number of benzene rings is 2. The van der Waals surface area contributed by atoms with Crippen LogP contribution in [0.4, 0.5) is 11.4 Å². The number of anilines is 2. The molecule has 0 fully saturated rings. The van der Waals surface area contributed by atoms with Crippen molar-refractivity contribution in [1.82, 2.24) is 9.97 Å². The van der Waals surface area contributed by atoms with Crippen LogP contribution < -0.4 is 10.6 Å². The first-order valence-electron chi connectivity index (χ1n) is 20.0. The van der Waals surface area contributed by atoms with Crippen molar-refractivity contribution in [3.05, 3.63) is 69.0 Å². The Morgan fingerprint density at radius 1 is 0.608 bits per heavy atom. The number of aryl methyl sites for hydroxylation is 2. The molecule has 2 aromatic heterocycles. The molecule has 2 atom stereocenters. The number of rotatable bonds is 20. The Bertz CT molecular complexity index is 1610. The van der Waals surface area contributed by atoms with E-state index in [4.69, 9.17) is 42.6 Å². The van der Waals surface area contributed by atoms with Gasteiger partial charge in [-0.25, -0.2) is 0 Å². The minimum atomic E-state index is 0.280. The summed E-state index contributed by atoms with van der Waals surface area (Å²) in [7, 11) is 0. The largest absolute Gasteiger partial charge is 0.384 e. The summed E-state index contributed by atoms with van der Waals surface area (Å²) < 4.78 is 12.5. The topological polar surface area (TPSA) is 68.3 Å². The molecule has 2 N–H and O–H groups in total. The van der Waals surface area contributed by atoms with E-state index in [0.717, 1.165) is 124 Å². The second kappa shape index (κ2) is 19.4. The Hall–Kier alpha value is -2.64. The number of hydrogen-bond donors (Lipinski definition) is 2. The molecule has 2 aromatic carbocycles. The van der Waals surface area contributed by atoms with E-state index in [9.17, 15) is 0 Å². The quantitative estimate of drug-likeness (QED) is 0.0882. The maximum atomic E-state index is 6.37. The number of nitrogens with one attached hydrogen (secondary N) is 2. The van der Waals surface area contributed by atoms with Crippen LogP contribution >= 0.6 is 23.2 Å². The molecule has 0 saturated heterocycles. The van der Waals surface area contributed by atoms with E-state index in [1.54, 1.807) is 0 Å². The van der Waals surface area contributed by atoms with Crippen molar-refractivity contribution in [2.75, 3.05) is 36.9 Å². The fraction of sp³-hybridized carbons (Fsp3) is 0.581. The molecule has 0 radical (unpaired) electrons. The smallest absolute Gasteiger partial charge is 0.0741 e. The molecule has 0 aliphatic heterocycles. The zero-order chi connectivity index (χ0) is 35.4. The zero-order valence-corrected chi connectivity index (χ0v) is 32.4. The van der Waals surface area contributed by atoms with Gasteiger partial charge in [0.1, 0.15) is 0 Å². The first-order chi connectivity index (χ1) is 25.0. The van der Waals surface area contributed by atoms with Crippen LogP contribution in [0.1, 0.15) is 120 Å². The van der Waals surface area contributed by atoms with Crippen molar-refractivity contribution in [1.29, 1.82) is 0 Å². The van der Waals surface area contributed by atoms with Gasteiger partial charge in [-0.05, 0) is 87.8 Å². The Kier molecular flexibility index (Phi) is 14.5. The molecule has 2 aliphatic carbocycles. The number of aromatic nitrogens is 2. The van der Waals surface area contributed by atoms with Gasteiger partial charge < -0.3 is 20.1 Å². The van der Waals surface area contributed by atoms with Gasteiger partial charge in [-0.15, -0.1) is 0 Å². The molecule has 0 amide bonds. The van der Waals surface area contributed by atoms with Crippen molar-refractivity contribution in [2.45, 2.75) is 135 Å². The fourth-order valence-corrected chi connectivity index (χ4v) is 8.14. The predicted octanol–water partition coefficient (Wildman–Crippen LogP) is 11.7. The number of ether oxygens (including phenoxy) is 2. The average molecular weight is 734 g/mol. The van der Waals surface area contributed by atoms with Crippen molar-refractivity contribution in [2.24, 2.45) is 0 Å². The second-order valence-electron chi connectivity index (χ2n) is 14.7. The average Bonchev–Trinajstić information content (AvgIpc) is 3.13. The molecule has 276 valence electrons. The molecule has 0 bridgehead atoms.